The number of carbonyl (C=O) groups excluding carboxylic acids is 2. The Bertz CT molecular complexity index is 1520. The summed E-state index contributed by atoms with van der Waals surface area (Å²) in [5.74, 6) is 0.893. The number of imidazole rings is 1. The van der Waals surface area contributed by atoms with Crippen LogP contribution in [0.3, 0.4) is 0 Å². The first-order chi connectivity index (χ1) is 19.8. The van der Waals surface area contributed by atoms with Crippen molar-refractivity contribution in [3.05, 3.63) is 106 Å². The summed E-state index contributed by atoms with van der Waals surface area (Å²) in [5, 5.41) is 3.07. The van der Waals surface area contributed by atoms with Crippen LogP contribution in [0.4, 0.5) is 10.5 Å². The molecule has 3 aromatic carbocycles. The number of anilines is 1. The molecule has 2 amide bonds. The molecule has 5 rings (SSSR count). The van der Waals surface area contributed by atoms with Gasteiger partial charge in [0.1, 0.15) is 5.82 Å². The monoisotopic (exact) mass is 682 g/mol. The Kier molecular flexibility index (Phi) is 9.29. The fraction of sp³-hybridized carbons (Fsp3) is 0.281. The molecule has 0 radical (unpaired) electrons. The Morgan fingerprint density at radius 3 is 2.56 bits per heavy atom. The first-order valence-corrected chi connectivity index (χ1v) is 15.5. The van der Waals surface area contributed by atoms with Crippen LogP contribution >= 0.6 is 34.2 Å². The van der Waals surface area contributed by atoms with Crippen molar-refractivity contribution < 1.29 is 14.3 Å². The highest BCUT2D eigenvalue weighted by Crippen LogP contribution is 2.34. The number of H-pyrrole nitrogens is 1. The summed E-state index contributed by atoms with van der Waals surface area (Å²) in [4.78, 5) is 35.9. The number of hydrogen-bond donors (Lipinski definition) is 2. The number of fused-ring (bicyclic) bond motifs is 1. The van der Waals surface area contributed by atoms with Gasteiger partial charge in [-0.2, -0.15) is 0 Å². The average molecular weight is 683 g/mol. The molecule has 1 aliphatic rings. The Morgan fingerprint density at radius 2 is 1.85 bits per heavy atom. The predicted molar refractivity (Wildman–Crippen MR) is 171 cm³/mol. The molecule has 1 aromatic heterocycles. The van der Waals surface area contributed by atoms with E-state index in [1.165, 1.54) is 5.56 Å². The molecule has 4 aromatic rings. The second kappa shape index (κ2) is 13.1. The molecule has 9 heteroatoms. The number of nitrogens with one attached hydrogen (secondary N) is 2. The Morgan fingerprint density at radius 1 is 1.10 bits per heavy atom. The molecule has 212 valence electrons. The van der Waals surface area contributed by atoms with Crippen LogP contribution in [0.2, 0.25) is 5.15 Å². The third-order valence-corrected chi connectivity index (χ3v) is 8.20. The van der Waals surface area contributed by atoms with E-state index in [-0.39, 0.29) is 17.9 Å². The minimum absolute atomic E-state index is 0.000965. The fourth-order valence-corrected chi connectivity index (χ4v) is 5.69. The zero-order chi connectivity index (χ0) is 28.9. The minimum Gasteiger partial charge on any atom is -0.449 e. The number of aromatic nitrogens is 2. The van der Waals surface area contributed by atoms with E-state index in [0.29, 0.717) is 41.9 Å². The Labute approximate surface area is 258 Å². The molecule has 41 heavy (non-hydrogen) atoms. The van der Waals surface area contributed by atoms with Crippen molar-refractivity contribution in [2.24, 2.45) is 5.92 Å². The summed E-state index contributed by atoms with van der Waals surface area (Å²) >= 11 is 9.02. The highest BCUT2D eigenvalue weighted by atomic mass is 127. The number of halogens is 2. The van der Waals surface area contributed by atoms with Crippen molar-refractivity contribution in [1.82, 2.24) is 14.9 Å². The van der Waals surface area contributed by atoms with Gasteiger partial charge < -0.3 is 14.6 Å². The van der Waals surface area contributed by atoms with Crippen LogP contribution in [-0.4, -0.2) is 40.0 Å². The number of alkyl halides is 1. The summed E-state index contributed by atoms with van der Waals surface area (Å²) in [6.07, 6.45) is 0.889. The molecule has 0 bridgehead atoms. The van der Waals surface area contributed by atoms with Crippen LogP contribution < -0.4 is 5.32 Å². The molecule has 0 fully saturated rings. The number of benzene rings is 3. The van der Waals surface area contributed by atoms with Gasteiger partial charge in [0.25, 0.3) is 5.91 Å². The number of hydrogen-bond acceptors (Lipinski definition) is 4. The number of aromatic amines is 1. The predicted octanol–water partition coefficient (Wildman–Crippen LogP) is 7.85. The van der Waals surface area contributed by atoms with Gasteiger partial charge in [0, 0.05) is 34.2 Å². The number of amides is 2. The molecule has 2 heterocycles. The summed E-state index contributed by atoms with van der Waals surface area (Å²) < 4.78 is 6.11. The quantitative estimate of drug-likeness (QED) is 0.139. The van der Waals surface area contributed by atoms with E-state index in [9.17, 15) is 9.59 Å². The zero-order valence-corrected chi connectivity index (χ0v) is 25.9. The molecule has 0 saturated carbocycles. The third kappa shape index (κ3) is 6.93. The largest absolute Gasteiger partial charge is 0.449 e. The molecule has 0 aliphatic carbocycles. The lowest BCUT2D eigenvalue weighted by Crippen LogP contribution is -2.41. The molecule has 7 nitrogen and oxygen atoms in total. The van der Waals surface area contributed by atoms with Crippen molar-refractivity contribution >= 4 is 51.9 Å². The summed E-state index contributed by atoms with van der Waals surface area (Å²) in [6, 6.07) is 23.2. The van der Waals surface area contributed by atoms with Gasteiger partial charge in [-0.15, -0.1) is 0 Å². The standard InChI is InChI=1S/C32H32ClIN4O3/c1-20(2)19-41-32(40)35-25-11-9-23(10-12-25)28-29(33)37-30(36-28)27(17-21-6-4-3-5-7-21)38-15-14-24-16-22(18-34)8-13-26(24)31(38)39/h3-13,16,20,27H,14-15,17-19H2,1-2H3,(H,35,40)(H,36,37)/t27-/m0/s1. The lowest BCUT2D eigenvalue weighted by Gasteiger charge is -2.35. The Balaban J connectivity index is 1.41. The molecule has 0 spiro atoms. The van der Waals surface area contributed by atoms with Crippen molar-refractivity contribution in [3.8, 4) is 11.3 Å². The summed E-state index contributed by atoms with van der Waals surface area (Å²) in [7, 11) is 0. The number of carbonyl (C=O) groups is 2. The zero-order valence-electron chi connectivity index (χ0n) is 23.0. The van der Waals surface area contributed by atoms with E-state index in [4.69, 9.17) is 21.3 Å². The number of nitrogens with zero attached hydrogens (tertiary/aromatic N) is 2. The molecule has 1 aliphatic heterocycles. The molecular formula is C32H32ClIN4O3. The topological polar surface area (TPSA) is 87.3 Å². The van der Waals surface area contributed by atoms with E-state index in [2.05, 4.69) is 51.1 Å². The fourth-order valence-electron chi connectivity index (χ4n) is 4.97. The van der Waals surface area contributed by atoms with Crippen molar-refractivity contribution in [1.29, 1.82) is 0 Å². The van der Waals surface area contributed by atoms with E-state index >= 15 is 0 Å². The second-order valence-electron chi connectivity index (χ2n) is 10.6. The SMILES string of the molecule is CC(C)COC(=O)Nc1ccc(-c2[nH]c([C@H](Cc3ccccc3)N3CCc4cc(CI)ccc4C3=O)nc2Cl)cc1. The van der Waals surface area contributed by atoms with Crippen LogP contribution in [-0.2, 0) is 22.0 Å². The van der Waals surface area contributed by atoms with Crippen LogP contribution in [0.25, 0.3) is 11.3 Å². The van der Waals surface area contributed by atoms with Gasteiger partial charge in [0.15, 0.2) is 5.15 Å². The maximum absolute atomic E-state index is 13.8. The molecular weight excluding hydrogens is 651 g/mol. The van der Waals surface area contributed by atoms with Gasteiger partial charge in [-0.05, 0) is 47.2 Å². The van der Waals surface area contributed by atoms with E-state index in [0.717, 1.165) is 33.1 Å². The van der Waals surface area contributed by atoms with Crippen LogP contribution in [0.15, 0.2) is 72.8 Å². The van der Waals surface area contributed by atoms with E-state index in [1.807, 2.05) is 61.2 Å². The second-order valence-corrected chi connectivity index (χ2v) is 11.7. The lowest BCUT2D eigenvalue weighted by atomic mass is 9.94. The molecule has 1 atom stereocenters. The highest BCUT2D eigenvalue weighted by Gasteiger charge is 2.33. The van der Waals surface area contributed by atoms with Crippen molar-refractivity contribution in [2.75, 3.05) is 18.5 Å². The summed E-state index contributed by atoms with van der Waals surface area (Å²) in [5.41, 5.74) is 6.26. The van der Waals surface area contributed by atoms with Crippen molar-refractivity contribution in [3.63, 3.8) is 0 Å². The Hall–Kier alpha value is -3.37. The maximum atomic E-state index is 13.8. The van der Waals surface area contributed by atoms with Gasteiger partial charge in [-0.3, -0.25) is 10.1 Å². The average Bonchev–Trinajstić information content (AvgIpc) is 3.37. The number of rotatable bonds is 9. The van der Waals surface area contributed by atoms with Crippen LogP contribution in [0, 0.1) is 5.92 Å². The highest BCUT2D eigenvalue weighted by molar-refractivity contribution is 14.1. The van der Waals surface area contributed by atoms with Gasteiger partial charge >= 0.3 is 6.09 Å². The van der Waals surface area contributed by atoms with Gasteiger partial charge in [-0.25, -0.2) is 9.78 Å². The van der Waals surface area contributed by atoms with Crippen LogP contribution in [0.5, 0.6) is 0 Å². The lowest BCUT2D eigenvalue weighted by molar-refractivity contribution is 0.0648. The van der Waals surface area contributed by atoms with Gasteiger partial charge in [-0.1, -0.05) is 103 Å². The smallest absolute Gasteiger partial charge is 0.411 e. The normalized spacial score (nSPS) is 13.7. The third-order valence-electron chi connectivity index (χ3n) is 7.05. The van der Waals surface area contributed by atoms with Crippen molar-refractivity contribution in [2.45, 2.75) is 37.2 Å². The molecule has 0 saturated heterocycles. The maximum Gasteiger partial charge on any atom is 0.411 e. The van der Waals surface area contributed by atoms with Gasteiger partial charge in [0.2, 0.25) is 0 Å². The first-order valence-electron chi connectivity index (χ1n) is 13.6. The van der Waals surface area contributed by atoms with E-state index in [1.54, 1.807) is 12.1 Å². The first kappa shape index (κ1) is 29.1. The van der Waals surface area contributed by atoms with Crippen LogP contribution in [0.1, 0.15) is 52.8 Å². The molecule has 0 unspecified atom stereocenters. The van der Waals surface area contributed by atoms with E-state index < -0.39 is 6.09 Å². The molecule has 2 N–H and O–H groups in total. The number of ether oxygens (including phenoxy) is 1. The minimum atomic E-state index is -0.490. The van der Waals surface area contributed by atoms with Gasteiger partial charge in [0.05, 0.1) is 18.3 Å². The summed E-state index contributed by atoms with van der Waals surface area (Å²) in [6.45, 7) is 4.91.